The molecule has 2 saturated carbocycles. The van der Waals surface area contributed by atoms with Gasteiger partial charge in [-0.2, -0.15) is 10.5 Å². The monoisotopic (exact) mass is 957 g/mol. The van der Waals surface area contributed by atoms with Crippen LogP contribution in [0.4, 0.5) is 0 Å². The van der Waals surface area contributed by atoms with Crippen LogP contribution in [0.15, 0.2) is 72.8 Å². The Balaban J connectivity index is 0.000000275. The number of amides is 3. The molecule has 2 aliphatic carbocycles. The molecule has 0 radical (unpaired) electrons. The van der Waals surface area contributed by atoms with Crippen molar-refractivity contribution in [3.05, 3.63) is 140 Å². The van der Waals surface area contributed by atoms with E-state index in [1.54, 1.807) is 19.1 Å². The van der Waals surface area contributed by atoms with Gasteiger partial charge in [0.25, 0.3) is 17.7 Å². The van der Waals surface area contributed by atoms with Gasteiger partial charge in [-0.05, 0) is 165 Å². The molecule has 15 heteroatoms. The summed E-state index contributed by atoms with van der Waals surface area (Å²) in [5.41, 5.74) is 12.4. The number of aryl methyl sites for hydroxylation is 2. The summed E-state index contributed by atoms with van der Waals surface area (Å²) < 4.78 is 5.05. The molecule has 4 aromatic rings. The van der Waals surface area contributed by atoms with Crippen LogP contribution >= 0.6 is 0 Å². The van der Waals surface area contributed by atoms with E-state index in [0.29, 0.717) is 83.2 Å². The van der Waals surface area contributed by atoms with Crippen molar-refractivity contribution in [2.45, 2.75) is 121 Å². The lowest BCUT2D eigenvalue weighted by atomic mass is 9.76. The first-order valence-electron chi connectivity index (χ1n) is 24.5. The van der Waals surface area contributed by atoms with Crippen LogP contribution in [-0.2, 0) is 17.6 Å². The van der Waals surface area contributed by atoms with Gasteiger partial charge in [-0.1, -0.05) is 63.1 Å². The summed E-state index contributed by atoms with van der Waals surface area (Å²) in [7, 11) is 1.40. The fourth-order valence-electron chi connectivity index (χ4n) is 9.82. The van der Waals surface area contributed by atoms with Crippen LogP contribution in [0.3, 0.4) is 0 Å². The van der Waals surface area contributed by atoms with Gasteiger partial charge in [0, 0.05) is 49.5 Å². The zero-order valence-corrected chi connectivity index (χ0v) is 41.3. The van der Waals surface area contributed by atoms with Crippen LogP contribution in [0.1, 0.15) is 195 Å². The van der Waals surface area contributed by atoms with Crippen molar-refractivity contribution < 1.29 is 34.5 Å². The van der Waals surface area contributed by atoms with Crippen molar-refractivity contribution in [2.75, 3.05) is 39.9 Å². The third-order valence-corrected chi connectivity index (χ3v) is 14.2. The minimum Gasteiger partial charge on any atom is -0.465 e. The number of ether oxygens (including phenoxy) is 1. The van der Waals surface area contributed by atoms with E-state index < -0.39 is 0 Å². The number of nitriles is 2. The first kappa shape index (κ1) is 56.1. The summed E-state index contributed by atoms with van der Waals surface area (Å²) in [4.78, 5) is 55.8. The van der Waals surface area contributed by atoms with Gasteiger partial charge in [-0.25, -0.2) is 10.6 Å². The minimum absolute atomic E-state index is 0. The lowest BCUT2D eigenvalue weighted by Crippen LogP contribution is -2.39. The van der Waals surface area contributed by atoms with E-state index in [1.807, 2.05) is 58.3 Å². The van der Waals surface area contributed by atoms with Gasteiger partial charge in [0.2, 0.25) is 0 Å². The highest BCUT2D eigenvalue weighted by Gasteiger charge is 2.32. The highest BCUT2D eigenvalue weighted by molar-refractivity contribution is 6.02. The van der Waals surface area contributed by atoms with E-state index in [4.69, 9.17) is 26.2 Å². The molecule has 70 heavy (non-hydrogen) atoms. The average Bonchev–Trinajstić information content (AvgIpc) is 3.37. The standard InChI is InChI=1S/C27H30N2O3.C26H30N4O2.C2H6O.H4N2.H2O/c1-3-19-15-23(22-5-4-6-22)25(27(31)32-2)16-24(19)26(30)29-13-11-21(12-14-29)20-9-7-18(17-28)8-10-20;1-2-18-14-22(21-4-3-5-21)24(25(31)29-28)15-23(18)26(32)30-12-10-20(11-13-30)19-8-6-17(16-27)7-9-19;1-2-3;1-2;/h7-10,15-16,21-22H,3-6,11-14H2,1-2H3;6-9,14-15,20-21H,2-5,10-13,28H2,1H3,(H,29,31);3H,2H2,1H3;1-2H2;1H2. The molecule has 0 bridgehead atoms. The van der Waals surface area contributed by atoms with Crippen molar-refractivity contribution in [2.24, 2.45) is 17.5 Å². The number of aliphatic hydroxyl groups excluding tert-OH is 1. The van der Waals surface area contributed by atoms with Gasteiger partial charge < -0.3 is 25.1 Å². The van der Waals surface area contributed by atoms with E-state index >= 15 is 0 Å². The number of likely N-dealkylation sites (tertiary alicyclic amines) is 2. The summed E-state index contributed by atoms with van der Waals surface area (Å²) in [6.07, 6.45) is 11.7. The number of carbonyl (C=O) groups excluding carboxylic acids is 4. The Morgan fingerprint density at radius 3 is 1.27 bits per heavy atom. The predicted molar refractivity (Wildman–Crippen MR) is 271 cm³/mol. The zero-order valence-electron chi connectivity index (χ0n) is 41.3. The normalized spacial score (nSPS) is 15.7. The second kappa shape index (κ2) is 27.7. The van der Waals surface area contributed by atoms with Crippen LogP contribution < -0.4 is 23.0 Å². The van der Waals surface area contributed by atoms with Crippen LogP contribution in [0.2, 0.25) is 0 Å². The second-order valence-corrected chi connectivity index (χ2v) is 18.0. The maximum Gasteiger partial charge on any atom is 0.338 e. The number of nitrogens with two attached hydrogens (primary N) is 3. The number of piperidine rings is 2. The summed E-state index contributed by atoms with van der Waals surface area (Å²) in [6.45, 7) is 8.77. The summed E-state index contributed by atoms with van der Waals surface area (Å²) in [6, 6.07) is 27.5. The Morgan fingerprint density at radius 2 is 0.971 bits per heavy atom. The van der Waals surface area contributed by atoms with E-state index in [1.165, 1.54) is 31.1 Å². The van der Waals surface area contributed by atoms with Gasteiger partial charge in [-0.15, -0.1) is 0 Å². The van der Waals surface area contributed by atoms with Gasteiger partial charge >= 0.3 is 5.97 Å². The molecule has 0 spiro atoms. The number of benzene rings is 4. The van der Waals surface area contributed by atoms with Gasteiger partial charge in [0.05, 0.1) is 35.9 Å². The second-order valence-electron chi connectivity index (χ2n) is 18.0. The van der Waals surface area contributed by atoms with Crippen LogP contribution in [0, 0.1) is 22.7 Å². The molecule has 15 nitrogen and oxygen atoms in total. The highest BCUT2D eigenvalue weighted by atomic mass is 16.5. The molecular weight excluding hydrogens is 885 g/mol. The molecule has 0 atom stereocenters. The lowest BCUT2D eigenvalue weighted by molar-refractivity contribution is 0.0597. The van der Waals surface area contributed by atoms with Gasteiger partial charge in [0.1, 0.15) is 0 Å². The Hall–Kier alpha value is -6.46. The molecule has 2 aliphatic heterocycles. The van der Waals surface area contributed by atoms with Crippen LogP contribution in [-0.4, -0.2) is 84.0 Å². The van der Waals surface area contributed by atoms with Crippen LogP contribution in [0.25, 0.3) is 0 Å². The predicted octanol–water partition coefficient (Wildman–Crippen LogP) is 7.20. The fourth-order valence-corrected chi connectivity index (χ4v) is 9.82. The molecule has 3 amide bonds. The molecule has 4 aliphatic rings. The summed E-state index contributed by atoms with van der Waals surface area (Å²) in [5, 5.41) is 25.6. The Bertz CT molecular complexity index is 2290. The highest BCUT2D eigenvalue weighted by Crippen LogP contribution is 2.41. The maximum absolute atomic E-state index is 13.5. The third-order valence-electron chi connectivity index (χ3n) is 14.2. The lowest BCUT2D eigenvalue weighted by Gasteiger charge is -2.33. The Kier molecular flexibility index (Phi) is 22.2. The molecule has 10 N–H and O–H groups in total. The third kappa shape index (κ3) is 13.4. The topological polar surface area (TPSA) is 273 Å². The number of nitrogens with zero attached hydrogens (tertiary/aromatic N) is 4. The number of nitrogen functional groups attached to an aromatic ring is 1. The number of aliphatic hydroxyl groups is 1. The quantitative estimate of drug-likeness (QED) is 0.0459. The Morgan fingerprint density at radius 1 is 0.614 bits per heavy atom. The molecule has 2 saturated heterocycles. The average molecular weight is 957 g/mol. The largest absolute Gasteiger partial charge is 0.465 e. The SMILES string of the molecule is CCO.CCc1cc(C2CCC2)c(C(=O)NN)cc1C(=O)N1CCC(c2ccc(C#N)cc2)CC1.CCc1cc(C2CCC2)c(C(=O)OC)cc1C(=O)N1CCC(c2ccc(C#N)cc2)CC1.NN.O. The Labute approximate surface area is 413 Å². The molecule has 0 unspecified atom stereocenters. The van der Waals surface area contributed by atoms with E-state index in [-0.39, 0.29) is 35.8 Å². The molecule has 4 aromatic carbocycles. The van der Waals surface area contributed by atoms with Crippen molar-refractivity contribution in [1.29, 1.82) is 10.5 Å². The molecule has 0 aromatic heterocycles. The number of nitrogens with one attached hydrogen (secondary N) is 1. The molecular formula is C55H72N8O7. The minimum atomic E-state index is -0.358. The number of hydrazine groups is 2. The van der Waals surface area contributed by atoms with E-state index in [0.717, 1.165) is 86.5 Å². The molecule has 4 fully saturated rings. The van der Waals surface area contributed by atoms with Gasteiger partial charge in [-0.3, -0.25) is 31.5 Å². The fraction of sp³-hybridized carbons (Fsp3) is 0.455. The smallest absolute Gasteiger partial charge is 0.338 e. The number of carbonyl (C=O) groups is 4. The van der Waals surface area contributed by atoms with E-state index in [2.05, 4.69) is 55.2 Å². The number of methoxy groups -OCH3 is 1. The van der Waals surface area contributed by atoms with E-state index in [9.17, 15) is 19.2 Å². The first-order chi connectivity index (χ1) is 33.5. The first-order valence-corrected chi connectivity index (χ1v) is 24.5. The van der Waals surface area contributed by atoms with Crippen molar-refractivity contribution in [1.82, 2.24) is 15.2 Å². The molecule has 374 valence electrons. The zero-order chi connectivity index (χ0) is 50.0. The summed E-state index contributed by atoms with van der Waals surface area (Å²) in [5.74, 6) is 14.3. The molecule has 2 heterocycles. The molecule has 8 rings (SSSR count). The maximum atomic E-state index is 13.5. The van der Waals surface area contributed by atoms with Gasteiger partial charge in [0.15, 0.2) is 0 Å². The van der Waals surface area contributed by atoms with Crippen molar-refractivity contribution in [3.8, 4) is 12.1 Å². The summed E-state index contributed by atoms with van der Waals surface area (Å²) >= 11 is 0. The number of hydrogen-bond acceptors (Lipinski definition) is 11. The van der Waals surface area contributed by atoms with Crippen LogP contribution in [0.5, 0.6) is 0 Å². The number of hydrogen-bond donors (Lipinski definition) is 5. The number of rotatable bonds is 10. The van der Waals surface area contributed by atoms with Crippen molar-refractivity contribution in [3.63, 3.8) is 0 Å². The van der Waals surface area contributed by atoms with Crippen molar-refractivity contribution >= 4 is 23.7 Å². The number of esters is 1.